The molecule has 1 saturated heterocycles. The van der Waals surface area contributed by atoms with Crippen LogP contribution < -0.4 is 10.6 Å². The second kappa shape index (κ2) is 14.5. The molecule has 3 aromatic rings. The Kier molecular flexibility index (Phi) is 10.7. The smallest absolute Gasteiger partial charge is 0.437 e. The Hall–Kier alpha value is -5.05. The van der Waals surface area contributed by atoms with Gasteiger partial charge in [-0.2, -0.15) is 13.9 Å². The summed E-state index contributed by atoms with van der Waals surface area (Å²) in [4.78, 5) is 58.7. The monoisotopic (exact) mass is 742 g/mol. The van der Waals surface area contributed by atoms with E-state index in [1.54, 1.807) is 45.0 Å². The van der Waals surface area contributed by atoms with Crippen LogP contribution >= 0.6 is 11.6 Å². The van der Waals surface area contributed by atoms with Crippen LogP contribution in [0.2, 0.25) is 5.02 Å². The maximum absolute atomic E-state index is 15.2. The average molecular weight is 743 g/mol. The van der Waals surface area contributed by atoms with Gasteiger partial charge in [0.2, 0.25) is 5.96 Å². The van der Waals surface area contributed by atoms with Crippen LogP contribution in [0.15, 0.2) is 59.9 Å². The second-order valence-corrected chi connectivity index (χ2v) is 15.4. The molecule has 1 aliphatic carbocycles. The van der Waals surface area contributed by atoms with Crippen molar-refractivity contribution in [3.63, 3.8) is 0 Å². The lowest BCUT2D eigenvalue weighted by Gasteiger charge is -2.35. The van der Waals surface area contributed by atoms with E-state index in [1.165, 1.54) is 35.5 Å². The molecule has 1 saturated carbocycles. The lowest BCUT2D eigenvalue weighted by atomic mass is 9.75. The lowest BCUT2D eigenvalue weighted by molar-refractivity contribution is -0.134. The number of halogens is 3. The first kappa shape index (κ1) is 38.2. The number of aliphatic imine (C=N–C) groups is 1. The minimum atomic E-state index is -2.82. The van der Waals surface area contributed by atoms with E-state index in [0.717, 1.165) is 12.8 Å². The van der Waals surface area contributed by atoms with Gasteiger partial charge in [-0.1, -0.05) is 62.7 Å². The maximum Gasteiger partial charge on any atom is 0.437 e. The van der Waals surface area contributed by atoms with Crippen molar-refractivity contribution in [1.82, 2.24) is 25.3 Å². The van der Waals surface area contributed by atoms with Crippen LogP contribution in [0, 0.1) is 5.41 Å². The number of rotatable bonds is 10. The molecular formula is C36H41ClF2N6O7. The number of carboxylic acids is 1. The van der Waals surface area contributed by atoms with Crippen molar-refractivity contribution >= 4 is 41.6 Å². The Morgan fingerprint density at radius 2 is 1.77 bits per heavy atom. The molecule has 0 spiro atoms. The number of nitrogens with one attached hydrogen (secondary N) is 2. The van der Waals surface area contributed by atoms with E-state index < -0.39 is 59.8 Å². The fourth-order valence-electron chi connectivity index (χ4n) is 5.93. The number of carbonyl (C=O) groups is 4. The molecule has 5 rings (SSSR count). The number of nitrogens with zero attached hydrogens (tertiary/aromatic N) is 4. The predicted molar refractivity (Wildman–Crippen MR) is 187 cm³/mol. The van der Waals surface area contributed by atoms with E-state index in [-0.39, 0.29) is 34.6 Å². The highest BCUT2D eigenvalue weighted by molar-refractivity contribution is 6.33. The molecule has 2 aromatic carbocycles. The number of hydrogen-bond donors (Lipinski definition) is 3. The highest BCUT2D eigenvalue weighted by Gasteiger charge is 2.55. The summed E-state index contributed by atoms with van der Waals surface area (Å²) >= 11 is 6.21. The minimum Gasteiger partial charge on any atom is -0.478 e. The number of ether oxygens (including phenoxy) is 2. The largest absolute Gasteiger partial charge is 0.478 e. The molecule has 16 heteroatoms. The molecule has 2 aliphatic rings. The number of hydrogen-bond acceptors (Lipinski definition) is 7. The number of guanidine groups is 1. The Morgan fingerprint density at radius 1 is 1.10 bits per heavy atom. The van der Waals surface area contributed by atoms with Crippen molar-refractivity contribution in [2.45, 2.75) is 90.6 Å². The number of benzene rings is 2. The van der Waals surface area contributed by atoms with Crippen LogP contribution in [-0.2, 0) is 19.8 Å². The highest BCUT2D eigenvalue weighted by atomic mass is 35.5. The van der Waals surface area contributed by atoms with Crippen LogP contribution in [0.5, 0.6) is 0 Å². The summed E-state index contributed by atoms with van der Waals surface area (Å²) < 4.78 is 38.1. The highest BCUT2D eigenvalue weighted by Crippen LogP contribution is 2.43. The van der Waals surface area contributed by atoms with Crippen molar-refractivity contribution < 1.29 is 42.5 Å². The molecule has 3 amide bonds. The van der Waals surface area contributed by atoms with E-state index >= 15 is 4.79 Å². The minimum absolute atomic E-state index is 0.0356. The van der Waals surface area contributed by atoms with Gasteiger partial charge in [0, 0.05) is 17.8 Å². The van der Waals surface area contributed by atoms with Gasteiger partial charge >= 0.3 is 24.7 Å². The van der Waals surface area contributed by atoms with E-state index in [9.17, 15) is 28.3 Å². The summed E-state index contributed by atoms with van der Waals surface area (Å²) in [5, 5.41) is 19.5. The molecule has 2 atom stereocenters. The summed E-state index contributed by atoms with van der Waals surface area (Å²) in [6.45, 7) is 7.45. The number of alkyl halides is 2. The quantitative estimate of drug-likeness (QED) is 0.194. The van der Waals surface area contributed by atoms with E-state index in [0.29, 0.717) is 21.4 Å². The SMILES string of the molecule is CC(C)(C)C[C@]1(c2ccc(-c3cnn(C(F)F)c3)cc2)N/C(=N\C(=O)OC(C)(C)C)N([C@H](COC(=O)NC2CC2)c2ccc(Cl)c(C(=O)O)c2)C1=O. The third-order valence-corrected chi connectivity index (χ3v) is 8.55. The summed E-state index contributed by atoms with van der Waals surface area (Å²) in [6, 6.07) is 9.54. The number of aromatic nitrogens is 2. The van der Waals surface area contributed by atoms with Crippen molar-refractivity contribution in [3.8, 4) is 11.1 Å². The molecule has 278 valence electrons. The van der Waals surface area contributed by atoms with Crippen LogP contribution in [0.3, 0.4) is 0 Å². The average Bonchev–Trinajstić information content (AvgIpc) is 3.62. The summed E-state index contributed by atoms with van der Waals surface area (Å²) in [5.41, 5.74) is -1.65. The Labute approximate surface area is 304 Å². The van der Waals surface area contributed by atoms with Crippen LogP contribution in [0.1, 0.15) is 94.9 Å². The molecule has 2 heterocycles. The van der Waals surface area contributed by atoms with Gasteiger partial charge < -0.3 is 25.2 Å². The molecule has 13 nitrogen and oxygen atoms in total. The van der Waals surface area contributed by atoms with Gasteiger partial charge in [-0.3, -0.25) is 9.69 Å². The standard InChI is InChI=1S/C36H41ClF2N6O7/c1-34(2,3)19-36(23-10-7-20(8-11-23)22-16-40-44(17-22)30(38)39)29(48)45(31(43-36)42-33(50)52-35(4,5)6)27(18-51-32(49)41-24-12-13-24)21-9-14-26(37)25(15-21)28(46)47/h7-11,14-17,24,27,30H,12-13,18-19H2,1-6H3,(H,41,49)(H,46,47)(H,42,43,50)/t27-,36-/m1/s1. The molecule has 1 aliphatic heterocycles. The van der Waals surface area contributed by atoms with Gasteiger partial charge in [-0.15, -0.1) is 4.99 Å². The van der Waals surface area contributed by atoms with Gasteiger partial charge in [0.15, 0.2) is 0 Å². The number of carboxylic acid groups (broad SMARTS) is 1. The number of aromatic carboxylic acids is 1. The summed E-state index contributed by atoms with van der Waals surface area (Å²) in [7, 11) is 0. The second-order valence-electron chi connectivity index (χ2n) is 15.0. The summed E-state index contributed by atoms with van der Waals surface area (Å²) in [6.07, 6.45) is 2.50. The van der Waals surface area contributed by atoms with Crippen molar-refractivity contribution in [2.75, 3.05) is 6.61 Å². The Balaban J connectivity index is 1.66. The van der Waals surface area contributed by atoms with Crippen LogP contribution in [0.25, 0.3) is 11.1 Å². The van der Waals surface area contributed by atoms with Crippen molar-refractivity contribution in [3.05, 3.63) is 76.6 Å². The van der Waals surface area contributed by atoms with Gasteiger partial charge in [0.25, 0.3) is 5.91 Å². The Morgan fingerprint density at radius 3 is 2.33 bits per heavy atom. The number of alkyl carbamates (subject to hydrolysis) is 1. The lowest BCUT2D eigenvalue weighted by Crippen LogP contribution is -2.47. The summed E-state index contributed by atoms with van der Waals surface area (Å²) in [5.74, 6) is -2.15. The topological polar surface area (TPSA) is 164 Å². The number of amides is 3. The van der Waals surface area contributed by atoms with Gasteiger partial charge in [-0.05, 0) is 74.3 Å². The number of carbonyl (C=O) groups excluding carboxylic acids is 3. The van der Waals surface area contributed by atoms with E-state index in [4.69, 9.17) is 21.1 Å². The molecule has 0 bridgehead atoms. The van der Waals surface area contributed by atoms with Gasteiger partial charge in [0.05, 0.1) is 22.8 Å². The Bertz CT molecular complexity index is 1880. The van der Waals surface area contributed by atoms with Crippen molar-refractivity contribution in [2.24, 2.45) is 10.4 Å². The van der Waals surface area contributed by atoms with E-state index in [1.807, 2.05) is 20.8 Å². The van der Waals surface area contributed by atoms with Gasteiger partial charge in [-0.25, -0.2) is 19.1 Å². The normalized spacial score (nSPS) is 19.1. The van der Waals surface area contributed by atoms with E-state index in [2.05, 4.69) is 20.7 Å². The molecule has 3 N–H and O–H groups in total. The molecular weight excluding hydrogens is 702 g/mol. The third kappa shape index (κ3) is 8.87. The molecule has 52 heavy (non-hydrogen) atoms. The first-order chi connectivity index (χ1) is 24.3. The molecule has 0 radical (unpaired) electrons. The first-order valence-corrected chi connectivity index (χ1v) is 17.0. The zero-order valence-electron chi connectivity index (χ0n) is 29.6. The third-order valence-electron chi connectivity index (χ3n) is 8.22. The van der Waals surface area contributed by atoms with Crippen molar-refractivity contribution in [1.29, 1.82) is 0 Å². The molecule has 0 unspecified atom stereocenters. The maximum atomic E-state index is 15.2. The fourth-order valence-corrected chi connectivity index (χ4v) is 6.13. The first-order valence-electron chi connectivity index (χ1n) is 16.6. The molecule has 2 fully saturated rings. The predicted octanol–water partition coefficient (Wildman–Crippen LogP) is 7.28. The zero-order chi connectivity index (χ0) is 38.2. The fraction of sp³-hybridized carbons (Fsp3) is 0.444. The van der Waals surface area contributed by atoms with Crippen LogP contribution in [-0.4, -0.2) is 68.1 Å². The molecule has 1 aromatic heterocycles. The van der Waals surface area contributed by atoms with Crippen LogP contribution in [0.4, 0.5) is 18.4 Å². The van der Waals surface area contributed by atoms with Gasteiger partial charge in [0.1, 0.15) is 17.7 Å². The zero-order valence-corrected chi connectivity index (χ0v) is 30.3.